The van der Waals surface area contributed by atoms with Crippen molar-refractivity contribution in [2.75, 3.05) is 33.3 Å². The minimum atomic E-state index is -0.951. The van der Waals surface area contributed by atoms with Gasteiger partial charge in [-0.3, -0.25) is 9.80 Å². The molecular formula is C16H24N2O3. The highest BCUT2D eigenvalue weighted by atomic mass is 16.5. The Kier molecular flexibility index (Phi) is 5.20. The van der Waals surface area contributed by atoms with E-state index in [-0.39, 0.29) is 5.56 Å². The van der Waals surface area contributed by atoms with Crippen LogP contribution in [0.15, 0.2) is 24.3 Å². The number of hydrogen-bond donors (Lipinski definition) is 1. The summed E-state index contributed by atoms with van der Waals surface area (Å²) in [6.45, 7) is 7.81. The van der Waals surface area contributed by atoms with E-state index in [9.17, 15) is 4.79 Å². The van der Waals surface area contributed by atoms with Crippen molar-refractivity contribution in [3.05, 3.63) is 29.8 Å². The SMILES string of the molecule is CC1CN(CCOc2ccccc2C(=O)O)CC(C)N1C. The van der Waals surface area contributed by atoms with Crippen molar-refractivity contribution in [2.45, 2.75) is 25.9 Å². The van der Waals surface area contributed by atoms with E-state index in [1.165, 1.54) is 0 Å². The molecule has 1 aliphatic rings. The number of ether oxygens (including phenoxy) is 1. The summed E-state index contributed by atoms with van der Waals surface area (Å²) in [4.78, 5) is 15.9. The second-order valence-electron chi connectivity index (χ2n) is 5.77. The van der Waals surface area contributed by atoms with E-state index < -0.39 is 5.97 Å². The molecular weight excluding hydrogens is 268 g/mol. The van der Waals surface area contributed by atoms with Gasteiger partial charge in [-0.15, -0.1) is 0 Å². The number of nitrogens with zero attached hydrogens (tertiary/aromatic N) is 2. The molecule has 1 fully saturated rings. The number of piperazine rings is 1. The molecule has 116 valence electrons. The van der Waals surface area contributed by atoms with Gasteiger partial charge in [0.15, 0.2) is 0 Å². The van der Waals surface area contributed by atoms with E-state index >= 15 is 0 Å². The molecule has 1 N–H and O–H groups in total. The van der Waals surface area contributed by atoms with Gasteiger partial charge in [0.25, 0.3) is 0 Å². The number of carboxylic acid groups (broad SMARTS) is 1. The van der Waals surface area contributed by atoms with Gasteiger partial charge in [0.2, 0.25) is 0 Å². The van der Waals surface area contributed by atoms with E-state index in [1.807, 2.05) is 0 Å². The smallest absolute Gasteiger partial charge is 0.339 e. The third-order valence-electron chi connectivity index (χ3n) is 4.22. The number of hydrogen-bond acceptors (Lipinski definition) is 4. The summed E-state index contributed by atoms with van der Waals surface area (Å²) >= 11 is 0. The lowest BCUT2D eigenvalue weighted by molar-refractivity contribution is 0.0519. The maximum absolute atomic E-state index is 11.1. The molecule has 1 aromatic rings. The number of para-hydroxylation sites is 1. The lowest BCUT2D eigenvalue weighted by Crippen LogP contribution is -2.55. The van der Waals surface area contributed by atoms with Crippen LogP contribution in [0, 0.1) is 0 Å². The number of aromatic carboxylic acids is 1. The molecule has 2 atom stereocenters. The molecule has 5 nitrogen and oxygen atoms in total. The maximum Gasteiger partial charge on any atom is 0.339 e. The lowest BCUT2D eigenvalue weighted by atomic mass is 10.1. The molecule has 1 aromatic carbocycles. The summed E-state index contributed by atoms with van der Waals surface area (Å²) in [6, 6.07) is 7.83. The van der Waals surface area contributed by atoms with Crippen molar-refractivity contribution in [1.82, 2.24) is 9.80 Å². The number of rotatable bonds is 5. The Morgan fingerprint density at radius 3 is 2.52 bits per heavy atom. The first-order chi connectivity index (χ1) is 9.99. The number of likely N-dealkylation sites (N-methyl/N-ethyl adjacent to an activating group) is 1. The molecule has 1 saturated heterocycles. The monoisotopic (exact) mass is 292 g/mol. The molecule has 2 rings (SSSR count). The van der Waals surface area contributed by atoms with Gasteiger partial charge in [-0.25, -0.2) is 4.79 Å². The van der Waals surface area contributed by atoms with Crippen LogP contribution in [0.25, 0.3) is 0 Å². The van der Waals surface area contributed by atoms with Crippen molar-refractivity contribution < 1.29 is 14.6 Å². The van der Waals surface area contributed by atoms with Gasteiger partial charge in [0.05, 0.1) is 0 Å². The minimum absolute atomic E-state index is 0.220. The molecule has 0 radical (unpaired) electrons. The maximum atomic E-state index is 11.1. The minimum Gasteiger partial charge on any atom is -0.491 e. The highest BCUT2D eigenvalue weighted by Gasteiger charge is 2.26. The topological polar surface area (TPSA) is 53.0 Å². The summed E-state index contributed by atoms with van der Waals surface area (Å²) in [5.41, 5.74) is 0.220. The average Bonchev–Trinajstić information content (AvgIpc) is 2.45. The molecule has 0 aliphatic carbocycles. The molecule has 0 bridgehead atoms. The van der Waals surface area contributed by atoms with Crippen LogP contribution in [0.1, 0.15) is 24.2 Å². The van der Waals surface area contributed by atoms with Crippen LogP contribution in [-0.4, -0.2) is 66.2 Å². The van der Waals surface area contributed by atoms with Gasteiger partial charge >= 0.3 is 5.97 Å². The molecule has 0 saturated carbocycles. The van der Waals surface area contributed by atoms with Gasteiger partial charge in [-0.2, -0.15) is 0 Å². The fourth-order valence-corrected chi connectivity index (χ4v) is 2.75. The predicted octanol–water partition coefficient (Wildman–Crippen LogP) is 1.79. The molecule has 5 heteroatoms. The molecule has 0 amide bonds. The Bertz CT molecular complexity index is 480. The normalized spacial score (nSPS) is 24.0. The predicted molar refractivity (Wildman–Crippen MR) is 82.0 cm³/mol. The summed E-state index contributed by atoms with van der Waals surface area (Å²) < 4.78 is 5.66. The molecule has 2 unspecified atom stereocenters. The van der Waals surface area contributed by atoms with Crippen LogP contribution in [0.3, 0.4) is 0 Å². The third-order valence-corrected chi connectivity index (χ3v) is 4.22. The summed E-state index contributed by atoms with van der Waals surface area (Å²) in [7, 11) is 2.16. The van der Waals surface area contributed by atoms with E-state index in [0.717, 1.165) is 19.6 Å². The van der Waals surface area contributed by atoms with Crippen LogP contribution < -0.4 is 4.74 Å². The third kappa shape index (κ3) is 3.95. The van der Waals surface area contributed by atoms with Gasteiger partial charge in [-0.05, 0) is 33.0 Å². The summed E-state index contributed by atoms with van der Waals surface area (Å²) in [5.74, 6) is -0.507. The Labute approximate surface area is 126 Å². The fourth-order valence-electron chi connectivity index (χ4n) is 2.75. The molecule has 21 heavy (non-hydrogen) atoms. The number of carbonyl (C=O) groups is 1. The second kappa shape index (κ2) is 6.91. The van der Waals surface area contributed by atoms with Crippen LogP contribution in [0.5, 0.6) is 5.75 Å². The first-order valence-electron chi connectivity index (χ1n) is 7.38. The number of carboxylic acids is 1. The summed E-state index contributed by atoms with van der Waals surface area (Å²) in [5, 5.41) is 9.12. The van der Waals surface area contributed by atoms with E-state index in [0.29, 0.717) is 24.4 Å². The van der Waals surface area contributed by atoms with Crippen molar-refractivity contribution >= 4 is 5.97 Å². The Balaban J connectivity index is 1.86. The van der Waals surface area contributed by atoms with Crippen LogP contribution in [-0.2, 0) is 0 Å². The zero-order valence-electron chi connectivity index (χ0n) is 13.0. The molecule has 0 spiro atoms. The Morgan fingerprint density at radius 1 is 1.29 bits per heavy atom. The van der Waals surface area contributed by atoms with Crippen molar-refractivity contribution in [3.8, 4) is 5.75 Å². The van der Waals surface area contributed by atoms with E-state index in [2.05, 4.69) is 30.7 Å². The Hall–Kier alpha value is -1.59. The van der Waals surface area contributed by atoms with Crippen LogP contribution >= 0.6 is 0 Å². The highest BCUT2D eigenvalue weighted by molar-refractivity contribution is 5.90. The zero-order valence-corrected chi connectivity index (χ0v) is 13.0. The van der Waals surface area contributed by atoms with Crippen molar-refractivity contribution in [2.24, 2.45) is 0 Å². The highest BCUT2D eigenvalue weighted by Crippen LogP contribution is 2.18. The largest absolute Gasteiger partial charge is 0.491 e. The van der Waals surface area contributed by atoms with Crippen LogP contribution in [0.2, 0.25) is 0 Å². The molecule has 0 aromatic heterocycles. The van der Waals surface area contributed by atoms with Gasteiger partial charge in [0.1, 0.15) is 17.9 Å². The molecule has 1 aliphatic heterocycles. The standard InChI is InChI=1S/C16H24N2O3/c1-12-10-18(11-13(2)17(12)3)8-9-21-15-7-5-4-6-14(15)16(19)20/h4-7,12-13H,8-11H2,1-3H3,(H,19,20). The van der Waals surface area contributed by atoms with Crippen molar-refractivity contribution in [3.63, 3.8) is 0 Å². The number of benzene rings is 1. The lowest BCUT2D eigenvalue weighted by Gasteiger charge is -2.42. The zero-order chi connectivity index (χ0) is 15.4. The van der Waals surface area contributed by atoms with Gasteiger partial charge in [-0.1, -0.05) is 12.1 Å². The average molecular weight is 292 g/mol. The Morgan fingerprint density at radius 2 is 1.90 bits per heavy atom. The van der Waals surface area contributed by atoms with Crippen LogP contribution in [0.4, 0.5) is 0 Å². The second-order valence-corrected chi connectivity index (χ2v) is 5.77. The first kappa shape index (κ1) is 15.8. The quantitative estimate of drug-likeness (QED) is 0.896. The summed E-state index contributed by atoms with van der Waals surface area (Å²) in [6.07, 6.45) is 0. The fraction of sp³-hybridized carbons (Fsp3) is 0.562. The van der Waals surface area contributed by atoms with Gasteiger partial charge in [0, 0.05) is 31.7 Å². The van der Waals surface area contributed by atoms with Gasteiger partial charge < -0.3 is 9.84 Å². The van der Waals surface area contributed by atoms with E-state index in [1.54, 1.807) is 24.3 Å². The first-order valence-corrected chi connectivity index (χ1v) is 7.38. The van der Waals surface area contributed by atoms with Crippen molar-refractivity contribution in [1.29, 1.82) is 0 Å². The van der Waals surface area contributed by atoms with E-state index in [4.69, 9.17) is 9.84 Å². The molecule has 1 heterocycles.